The molecule has 0 spiro atoms. The molecule has 0 bridgehead atoms. The number of ether oxygens (including phenoxy) is 1. The van der Waals surface area contributed by atoms with Crippen LogP contribution in [-0.4, -0.2) is 17.3 Å². The molecule has 0 aliphatic heterocycles. The summed E-state index contributed by atoms with van der Waals surface area (Å²) in [5, 5.41) is 10.7. The van der Waals surface area contributed by atoms with Crippen LogP contribution in [0.2, 0.25) is 0 Å². The van der Waals surface area contributed by atoms with Gasteiger partial charge in [0.2, 0.25) is 0 Å². The highest BCUT2D eigenvalue weighted by Crippen LogP contribution is 2.42. The number of thiol groups is 1. The number of nitrogens with zero attached hydrogens (tertiary/aromatic N) is 1. The van der Waals surface area contributed by atoms with Gasteiger partial charge in [-0.05, 0) is 37.1 Å². The van der Waals surface area contributed by atoms with Crippen molar-refractivity contribution in [3.63, 3.8) is 0 Å². The average molecular weight is 267 g/mol. The lowest BCUT2D eigenvalue weighted by atomic mass is 9.71. The Labute approximate surface area is 112 Å². The monoisotopic (exact) mass is 267 g/mol. The quantitative estimate of drug-likeness (QED) is 0.505. The summed E-state index contributed by atoms with van der Waals surface area (Å²) in [4.78, 5) is 10.3. The lowest BCUT2D eigenvalue weighted by molar-refractivity contribution is -0.385. The Morgan fingerprint density at radius 2 is 2.22 bits per heavy atom. The second-order valence-electron chi connectivity index (χ2n) is 5.01. The van der Waals surface area contributed by atoms with Crippen molar-refractivity contribution in [3.05, 3.63) is 33.9 Å². The smallest absolute Gasteiger partial charge is 0.273 e. The first-order chi connectivity index (χ1) is 8.56. The Kier molecular flexibility index (Phi) is 3.80. The van der Waals surface area contributed by atoms with Gasteiger partial charge >= 0.3 is 0 Å². The van der Waals surface area contributed by atoms with Crippen molar-refractivity contribution in [2.24, 2.45) is 5.41 Å². The van der Waals surface area contributed by atoms with Crippen LogP contribution in [0.3, 0.4) is 0 Å². The van der Waals surface area contributed by atoms with E-state index in [1.54, 1.807) is 6.07 Å². The Bertz CT molecular complexity index is 452. The van der Waals surface area contributed by atoms with E-state index in [-0.39, 0.29) is 11.1 Å². The van der Waals surface area contributed by atoms with Gasteiger partial charge in [-0.3, -0.25) is 10.1 Å². The zero-order valence-corrected chi connectivity index (χ0v) is 11.3. The predicted molar refractivity (Wildman–Crippen MR) is 73.5 cm³/mol. The molecule has 1 fully saturated rings. The van der Waals surface area contributed by atoms with Crippen LogP contribution in [0.5, 0.6) is 5.75 Å². The maximum absolute atomic E-state index is 10.7. The first-order valence-electron chi connectivity index (χ1n) is 6.05. The molecular weight excluding hydrogens is 250 g/mol. The van der Waals surface area contributed by atoms with Gasteiger partial charge < -0.3 is 4.74 Å². The van der Waals surface area contributed by atoms with Gasteiger partial charge in [-0.1, -0.05) is 6.42 Å². The third-order valence-corrected chi connectivity index (χ3v) is 4.34. The molecule has 0 aromatic heterocycles. The van der Waals surface area contributed by atoms with Gasteiger partial charge in [0.1, 0.15) is 5.75 Å². The number of hydrogen-bond acceptors (Lipinski definition) is 4. The SMILES string of the molecule is Cc1ccc([N+](=O)[O-])cc1OCC1(CS)CCC1. The molecule has 0 heterocycles. The van der Waals surface area contributed by atoms with Crippen LogP contribution < -0.4 is 4.74 Å². The molecule has 1 aliphatic rings. The summed E-state index contributed by atoms with van der Waals surface area (Å²) >= 11 is 4.37. The van der Waals surface area contributed by atoms with E-state index in [1.165, 1.54) is 18.6 Å². The van der Waals surface area contributed by atoms with Gasteiger partial charge in [0.15, 0.2) is 0 Å². The van der Waals surface area contributed by atoms with E-state index in [1.807, 2.05) is 6.92 Å². The second-order valence-corrected chi connectivity index (χ2v) is 5.32. The highest BCUT2D eigenvalue weighted by atomic mass is 32.1. The molecule has 1 aromatic carbocycles. The van der Waals surface area contributed by atoms with Crippen molar-refractivity contribution in [3.8, 4) is 5.75 Å². The summed E-state index contributed by atoms with van der Waals surface area (Å²) in [5.74, 6) is 1.42. The van der Waals surface area contributed by atoms with E-state index in [4.69, 9.17) is 4.74 Å². The third-order valence-electron chi connectivity index (χ3n) is 3.67. The van der Waals surface area contributed by atoms with Gasteiger partial charge in [0.05, 0.1) is 17.6 Å². The number of benzene rings is 1. The summed E-state index contributed by atoms with van der Waals surface area (Å²) in [6.07, 6.45) is 3.48. The fourth-order valence-corrected chi connectivity index (χ4v) is 2.52. The maximum atomic E-state index is 10.7. The molecule has 0 unspecified atom stereocenters. The Morgan fingerprint density at radius 1 is 1.50 bits per heavy atom. The highest BCUT2D eigenvalue weighted by Gasteiger charge is 2.36. The van der Waals surface area contributed by atoms with Crippen LogP contribution >= 0.6 is 12.6 Å². The highest BCUT2D eigenvalue weighted by molar-refractivity contribution is 7.80. The summed E-state index contributed by atoms with van der Waals surface area (Å²) in [5.41, 5.74) is 1.17. The topological polar surface area (TPSA) is 52.4 Å². The minimum absolute atomic E-state index is 0.0733. The van der Waals surface area contributed by atoms with Crippen molar-refractivity contribution in [2.75, 3.05) is 12.4 Å². The van der Waals surface area contributed by atoms with Crippen LogP contribution in [0.1, 0.15) is 24.8 Å². The van der Waals surface area contributed by atoms with Gasteiger partial charge in [-0.25, -0.2) is 0 Å². The predicted octanol–water partition coefficient (Wildman–Crippen LogP) is 3.38. The molecule has 0 saturated heterocycles. The Hall–Kier alpha value is -1.23. The molecule has 1 aromatic rings. The van der Waals surface area contributed by atoms with Crippen LogP contribution in [-0.2, 0) is 0 Å². The van der Waals surface area contributed by atoms with Crippen molar-refractivity contribution >= 4 is 18.3 Å². The number of hydrogen-bond donors (Lipinski definition) is 1. The Balaban J connectivity index is 2.08. The molecule has 0 atom stereocenters. The van der Waals surface area contributed by atoms with Crippen molar-refractivity contribution in [2.45, 2.75) is 26.2 Å². The van der Waals surface area contributed by atoms with Gasteiger partial charge in [0, 0.05) is 11.5 Å². The van der Waals surface area contributed by atoms with Crippen LogP contribution in [0.25, 0.3) is 0 Å². The fraction of sp³-hybridized carbons (Fsp3) is 0.538. The molecule has 0 radical (unpaired) electrons. The van der Waals surface area contributed by atoms with Crippen LogP contribution in [0.15, 0.2) is 18.2 Å². The second kappa shape index (κ2) is 5.18. The number of non-ortho nitro benzene ring substituents is 1. The fourth-order valence-electron chi connectivity index (χ4n) is 2.11. The molecule has 1 aliphatic carbocycles. The van der Waals surface area contributed by atoms with Gasteiger partial charge in [-0.15, -0.1) is 0 Å². The van der Waals surface area contributed by atoms with Crippen molar-refractivity contribution in [1.82, 2.24) is 0 Å². The van der Waals surface area contributed by atoms with E-state index in [2.05, 4.69) is 12.6 Å². The minimum Gasteiger partial charge on any atom is -0.492 e. The standard InChI is InChI=1S/C13H17NO3S/c1-10-3-4-11(14(15)16)7-12(10)17-8-13(9-18)5-2-6-13/h3-4,7,18H,2,5-6,8-9H2,1H3. The average Bonchev–Trinajstić information content (AvgIpc) is 2.30. The number of nitro benzene ring substituents is 1. The molecule has 1 saturated carbocycles. The molecule has 0 N–H and O–H groups in total. The van der Waals surface area contributed by atoms with E-state index in [0.29, 0.717) is 12.4 Å². The Morgan fingerprint density at radius 3 is 2.72 bits per heavy atom. The lowest BCUT2D eigenvalue weighted by Crippen LogP contribution is -2.37. The van der Waals surface area contributed by atoms with E-state index in [9.17, 15) is 10.1 Å². The molecule has 2 rings (SSSR count). The van der Waals surface area contributed by atoms with Crippen molar-refractivity contribution in [1.29, 1.82) is 0 Å². The van der Waals surface area contributed by atoms with Gasteiger partial charge in [-0.2, -0.15) is 12.6 Å². The lowest BCUT2D eigenvalue weighted by Gasteiger charge is -2.40. The van der Waals surface area contributed by atoms with E-state index in [0.717, 1.165) is 24.2 Å². The molecule has 18 heavy (non-hydrogen) atoms. The molecule has 0 amide bonds. The summed E-state index contributed by atoms with van der Waals surface area (Å²) in [7, 11) is 0. The third kappa shape index (κ3) is 2.61. The summed E-state index contributed by atoms with van der Waals surface area (Å²) in [6.45, 7) is 2.49. The molecule has 4 nitrogen and oxygen atoms in total. The maximum Gasteiger partial charge on any atom is 0.273 e. The van der Waals surface area contributed by atoms with Crippen LogP contribution in [0, 0.1) is 22.5 Å². The minimum atomic E-state index is -0.399. The zero-order chi connectivity index (χ0) is 13.2. The molecular formula is C13H17NO3S. The van der Waals surface area contributed by atoms with Crippen LogP contribution in [0.4, 0.5) is 5.69 Å². The number of nitro groups is 1. The summed E-state index contributed by atoms with van der Waals surface area (Å²) < 4.78 is 5.77. The number of aryl methyl sites for hydroxylation is 1. The van der Waals surface area contributed by atoms with Crippen molar-refractivity contribution < 1.29 is 9.66 Å². The zero-order valence-electron chi connectivity index (χ0n) is 10.4. The first kappa shape index (κ1) is 13.2. The summed E-state index contributed by atoms with van der Waals surface area (Å²) in [6, 6.07) is 4.72. The van der Waals surface area contributed by atoms with Gasteiger partial charge in [0.25, 0.3) is 5.69 Å². The largest absolute Gasteiger partial charge is 0.492 e. The van der Waals surface area contributed by atoms with E-state index < -0.39 is 4.92 Å². The van der Waals surface area contributed by atoms with E-state index >= 15 is 0 Å². The molecule has 5 heteroatoms. The first-order valence-corrected chi connectivity index (χ1v) is 6.68. The number of rotatable bonds is 5. The normalized spacial score (nSPS) is 17.0. The molecule has 98 valence electrons.